The molecule has 1 aliphatic heterocycles. The number of piperidine rings is 1. The Hall–Kier alpha value is -3.88. The third kappa shape index (κ3) is 7.26. The van der Waals surface area contributed by atoms with Crippen LogP contribution in [0.4, 0.5) is 16.3 Å². The van der Waals surface area contributed by atoms with Crippen molar-refractivity contribution in [2.75, 3.05) is 36.9 Å². The van der Waals surface area contributed by atoms with Gasteiger partial charge < -0.3 is 20.1 Å². The maximum absolute atomic E-state index is 13.2. The molecule has 2 amide bonds. The highest BCUT2D eigenvalue weighted by molar-refractivity contribution is 6.06. The van der Waals surface area contributed by atoms with Crippen LogP contribution in [-0.2, 0) is 5.41 Å². The molecule has 0 radical (unpaired) electrons. The van der Waals surface area contributed by atoms with Crippen molar-refractivity contribution in [1.29, 1.82) is 0 Å². The van der Waals surface area contributed by atoms with Crippen LogP contribution in [0.15, 0.2) is 72.8 Å². The number of benzene rings is 3. The van der Waals surface area contributed by atoms with Crippen molar-refractivity contribution in [1.82, 2.24) is 14.7 Å². The Morgan fingerprint density at radius 3 is 2.51 bits per heavy atom. The molecule has 216 valence electrons. The quantitative estimate of drug-likeness (QED) is 0.214. The first-order valence-electron chi connectivity index (χ1n) is 14.4. The van der Waals surface area contributed by atoms with E-state index >= 15 is 0 Å². The fraction of sp³-hybridized carbons (Fsp3) is 0.394. The molecule has 8 heteroatoms. The number of nitrogens with one attached hydrogen (secondary N) is 2. The number of ether oxygens (including phenoxy) is 1. The van der Waals surface area contributed by atoms with E-state index in [1.165, 1.54) is 0 Å². The molecule has 3 N–H and O–H groups in total. The Morgan fingerprint density at radius 1 is 1.00 bits per heavy atom. The van der Waals surface area contributed by atoms with Crippen molar-refractivity contribution in [2.24, 2.45) is 0 Å². The molecule has 2 heterocycles. The third-order valence-electron chi connectivity index (χ3n) is 7.64. The number of fused-ring (bicyclic) bond motifs is 1. The highest BCUT2D eigenvalue weighted by Gasteiger charge is 2.27. The molecule has 5 rings (SSSR count). The van der Waals surface area contributed by atoms with Gasteiger partial charge in [-0.15, -0.1) is 0 Å². The minimum atomic E-state index is -0.531. The molecule has 1 saturated heterocycles. The Morgan fingerprint density at radius 2 is 1.73 bits per heavy atom. The number of hydrogen-bond donors (Lipinski definition) is 3. The number of carbonyl (C=O) groups excluding carboxylic acids is 1. The Labute approximate surface area is 242 Å². The van der Waals surface area contributed by atoms with Gasteiger partial charge in [0.1, 0.15) is 11.6 Å². The van der Waals surface area contributed by atoms with Gasteiger partial charge in [-0.25, -0.2) is 9.48 Å². The van der Waals surface area contributed by atoms with E-state index < -0.39 is 5.60 Å². The Bertz CT molecular complexity index is 1490. The van der Waals surface area contributed by atoms with Gasteiger partial charge in [-0.2, -0.15) is 5.10 Å². The first kappa shape index (κ1) is 28.6. The summed E-state index contributed by atoms with van der Waals surface area (Å²) in [7, 11) is 0. The van der Waals surface area contributed by atoms with Crippen LogP contribution in [0.2, 0.25) is 0 Å². The van der Waals surface area contributed by atoms with Gasteiger partial charge in [0.2, 0.25) is 0 Å². The average molecular weight is 556 g/mol. The second-order valence-electron chi connectivity index (χ2n) is 12.2. The summed E-state index contributed by atoms with van der Waals surface area (Å²) in [5, 5.41) is 23.1. The maximum atomic E-state index is 13.2. The van der Waals surface area contributed by atoms with Gasteiger partial charge in [-0.1, -0.05) is 63.2 Å². The largest absolute Gasteiger partial charge is 0.493 e. The van der Waals surface area contributed by atoms with Crippen LogP contribution in [0, 0.1) is 0 Å². The van der Waals surface area contributed by atoms with E-state index in [0.717, 1.165) is 72.5 Å². The SMILES string of the molecule is CC1(O)CCN(CCCOc2cccc(-n3nc(C(C)(C)C)cc3NC(=O)Nc3cccc4ccccc34)c2)CC1. The lowest BCUT2D eigenvalue weighted by molar-refractivity contribution is -0.00603. The predicted molar refractivity (Wildman–Crippen MR) is 165 cm³/mol. The lowest BCUT2D eigenvalue weighted by Crippen LogP contribution is -2.42. The molecule has 4 aromatic rings. The van der Waals surface area contributed by atoms with Gasteiger partial charge in [-0.3, -0.25) is 5.32 Å². The molecule has 1 aromatic heterocycles. The fourth-order valence-corrected chi connectivity index (χ4v) is 5.08. The number of anilines is 2. The summed E-state index contributed by atoms with van der Waals surface area (Å²) in [5.41, 5.74) is 1.68. The van der Waals surface area contributed by atoms with Crippen LogP contribution in [0.25, 0.3) is 16.5 Å². The second-order valence-corrected chi connectivity index (χ2v) is 12.2. The number of rotatable bonds is 8. The summed E-state index contributed by atoms with van der Waals surface area (Å²) in [4.78, 5) is 15.6. The molecule has 0 unspecified atom stereocenters. The van der Waals surface area contributed by atoms with Crippen molar-refractivity contribution in [3.63, 3.8) is 0 Å². The first-order valence-corrected chi connectivity index (χ1v) is 14.4. The molecule has 0 aliphatic carbocycles. The topological polar surface area (TPSA) is 91.7 Å². The van der Waals surface area contributed by atoms with E-state index in [-0.39, 0.29) is 11.4 Å². The summed E-state index contributed by atoms with van der Waals surface area (Å²) in [6, 6.07) is 23.2. The fourth-order valence-electron chi connectivity index (χ4n) is 5.08. The smallest absolute Gasteiger partial charge is 0.324 e. The van der Waals surface area contributed by atoms with Crippen molar-refractivity contribution < 1.29 is 14.6 Å². The number of amides is 2. The zero-order valence-electron chi connectivity index (χ0n) is 24.5. The molecular formula is C33H41N5O3. The monoisotopic (exact) mass is 555 g/mol. The number of aromatic nitrogens is 2. The summed E-state index contributed by atoms with van der Waals surface area (Å²) in [5.74, 6) is 1.33. The average Bonchev–Trinajstić information content (AvgIpc) is 3.37. The number of aliphatic hydroxyl groups is 1. The number of urea groups is 1. The molecule has 1 aliphatic rings. The zero-order valence-corrected chi connectivity index (χ0v) is 24.5. The van der Waals surface area contributed by atoms with Gasteiger partial charge in [0, 0.05) is 42.6 Å². The van der Waals surface area contributed by atoms with Crippen molar-refractivity contribution >= 4 is 28.3 Å². The lowest BCUT2D eigenvalue weighted by Gasteiger charge is -2.35. The van der Waals surface area contributed by atoms with Gasteiger partial charge in [0.15, 0.2) is 0 Å². The van der Waals surface area contributed by atoms with E-state index in [2.05, 4.69) is 36.3 Å². The van der Waals surface area contributed by atoms with Crippen LogP contribution in [0.3, 0.4) is 0 Å². The zero-order chi connectivity index (χ0) is 29.0. The lowest BCUT2D eigenvalue weighted by atomic mass is 9.92. The van der Waals surface area contributed by atoms with E-state index in [9.17, 15) is 9.90 Å². The van der Waals surface area contributed by atoms with E-state index in [0.29, 0.717) is 12.4 Å². The van der Waals surface area contributed by atoms with E-state index in [1.54, 1.807) is 4.68 Å². The summed E-state index contributed by atoms with van der Waals surface area (Å²) < 4.78 is 7.86. The molecule has 0 saturated carbocycles. The van der Waals surface area contributed by atoms with Gasteiger partial charge in [-0.05, 0) is 49.8 Å². The van der Waals surface area contributed by atoms with Crippen molar-refractivity contribution in [2.45, 2.75) is 58.0 Å². The standard InChI is InChI=1S/C33H41N5O3/c1-32(2,3)29-23-30(35-31(39)34-28-15-7-11-24-10-5-6-14-27(24)28)38(36-29)25-12-8-13-26(22-25)41-21-9-18-37-19-16-33(4,40)17-20-37/h5-8,10-15,22-23,40H,9,16-21H2,1-4H3,(H2,34,35,39). The van der Waals surface area contributed by atoms with Crippen LogP contribution in [0.5, 0.6) is 5.75 Å². The van der Waals surface area contributed by atoms with Crippen LogP contribution < -0.4 is 15.4 Å². The summed E-state index contributed by atoms with van der Waals surface area (Å²) in [6.07, 6.45) is 2.53. The number of hydrogen-bond acceptors (Lipinski definition) is 5. The van der Waals surface area contributed by atoms with Crippen LogP contribution in [0.1, 0.15) is 52.7 Å². The molecule has 41 heavy (non-hydrogen) atoms. The highest BCUT2D eigenvalue weighted by atomic mass is 16.5. The molecular weight excluding hydrogens is 514 g/mol. The Balaban J connectivity index is 1.27. The molecule has 0 atom stereocenters. The first-order chi connectivity index (χ1) is 19.6. The van der Waals surface area contributed by atoms with Gasteiger partial charge in [0.25, 0.3) is 0 Å². The second kappa shape index (κ2) is 11.9. The number of carbonyl (C=O) groups is 1. The van der Waals surface area contributed by atoms with Crippen molar-refractivity contribution in [3.8, 4) is 11.4 Å². The normalized spacial score (nSPS) is 15.5. The van der Waals surface area contributed by atoms with Crippen LogP contribution in [-0.4, -0.2) is 57.7 Å². The van der Waals surface area contributed by atoms with E-state index in [4.69, 9.17) is 9.84 Å². The predicted octanol–water partition coefficient (Wildman–Crippen LogP) is 6.58. The summed E-state index contributed by atoms with van der Waals surface area (Å²) >= 11 is 0. The number of nitrogens with zero attached hydrogens (tertiary/aromatic N) is 3. The molecule has 3 aromatic carbocycles. The summed E-state index contributed by atoms with van der Waals surface area (Å²) in [6.45, 7) is 11.6. The minimum absolute atomic E-state index is 0.205. The highest BCUT2D eigenvalue weighted by Crippen LogP contribution is 2.29. The maximum Gasteiger partial charge on any atom is 0.324 e. The van der Waals surface area contributed by atoms with Crippen molar-refractivity contribution in [3.05, 3.63) is 78.5 Å². The molecule has 0 bridgehead atoms. The third-order valence-corrected chi connectivity index (χ3v) is 7.64. The molecule has 1 fully saturated rings. The Kier molecular flexibility index (Phi) is 8.33. The van der Waals surface area contributed by atoms with E-state index in [1.807, 2.05) is 79.7 Å². The molecule has 0 spiro atoms. The van der Waals surface area contributed by atoms with Gasteiger partial charge >= 0.3 is 6.03 Å². The van der Waals surface area contributed by atoms with Crippen LogP contribution >= 0.6 is 0 Å². The molecule has 8 nitrogen and oxygen atoms in total. The number of likely N-dealkylation sites (tertiary alicyclic amines) is 1. The minimum Gasteiger partial charge on any atom is -0.493 e. The van der Waals surface area contributed by atoms with Gasteiger partial charge in [0.05, 0.1) is 29.3 Å².